The van der Waals surface area contributed by atoms with E-state index in [9.17, 15) is 0 Å². The lowest BCUT2D eigenvalue weighted by atomic mass is 9.89. The zero-order valence-corrected chi connectivity index (χ0v) is 10.1. The van der Waals surface area contributed by atoms with Gasteiger partial charge >= 0.3 is 0 Å². The smallest absolute Gasteiger partial charge is 0.186 e. The second kappa shape index (κ2) is 4.84. The second-order valence-corrected chi connectivity index (χ2v) is 5.41. The Labute approximate surface area is 92.5 Å². The van der Waals surface area contributed by atoms with Crippen molar-refractivity contribution in [1.82, 2.24) is 5.32 Å². The lowest BCUT2D eigenvalue weighted by molar-refractivity contribution is 0.267. The van der Waals surface area contributed by atoms with Crippen molar-refractivity contribution in [2.75, 3.05) is 0 Å². The Morgan fingerprint density at radius 2 is 1.80 bits per heavy atom. The number of hydrogen-bond donors (Lipinski definition) is 3. The van der Waals surface area contributed by atoms with Crippen molar-refractivity contribution in [3.8, 4) is 0 Å². The van der Waals surface area contributed by atoms with Crippen molar-refractivity contribution in [3.63, 3.8) is 0 Å². The van der Waals surface area contributed by atoms with Gasteiger partial charge in [0.05, 0.1) is 6.04 Å². The number of guanidine groups is 1. The fourth-order valence-corrected chi connectivity index (χ4v) is 2.18. The number of nitrogens with one attached hydrogen (secondary N) is 1. The highest BCUT2D eigenvalue weighted by Crippen LogP contribution is 2.23. The van der Waals surface area contributed by atoms with Crippen LogP contribution in [0.2, 0.25) is 0 Å². The first-order valence-electron chi connectivity index (χ1n) is 5.75. The highest BCUT2D eigenvalue weighted by atomic mass is 15.1. The predicted octanol–water partition coefficient (Wildman–Crippen LogP) is 0.959. The topological polar surface area (TPSA) is 76.4 Å². The summed E-state index contributed by atoms with van der Waals surface area (Å²) in [6.45, 7) is 6.52. The SMILES string of the molecule is CC(C)(C)NC1CCCCC1N=C(N)N. The van der Waals surface area contributed by atoms with Crippen molar-refractivity contribution in [2.45, 2.75) is 64.1 Å². The molecule has 0 heterocycles. The Bertz CT molecular complexity index is 225. The average molecular weight is 212 g/mol. The van der Waals surface area contributed by atoms with Gasteiger partial charge in [-0.05, 0) is 33.6 Å². The number of aliphatic imine (C=N–C) groups is 1. The Kier molecular flexibility index (Phi) is 3.97. The van der Waals surface area contributed by atoms with Crippen LogP contribution in [0, 0.1) is 0 Å². The number of nitrogens with two attached hydrogens (primary N) is 2. The number of nitrogens with zero attached hydrogens (tertiary/aromatic N) is 1. The van der Waals surface area contributed by atoms with Crippen LogP contribution in [0.5, 0.6) is 0 Å². The molecule has 1 aliphatic carbocycles. The molecule has 5 N–H and O–H groups in total. The van der Waals surface area contributed by atoms with Gasteiger partial charge in [-0.3, -0.25) is 0 Å². The molecule has 0 bridgehead atoms. The van der Waals surface area contributed by atoms with Crippen molar-refractivity contribution in [2.24, 2.45) is 16.5 Å². The molecule has 1 aliphatic rings. The quantitative estimate of drug-likeness (QED) is 0.471. The Morgan fingerprint density at radius 3 is 2.33 bits per heavy atom. The molecule has 4 heteroatoms. The molecule has 0 radical (unpaired) electrons. The Morgan fingerprint density at radius 1 is 1.20 bits per heavy atom. The van der Waals surface area contributed by atoms with E-state index in [0.29, 0.717) is 6.04 Å². The van der Waals surface area contributed by atoms with Gasteiger partial charge in [0, 0.05) is 11.6 Å². The van der Waals surface area contributed by atoms with Gasteiger partial charge < -0.3 is 16.8 Å². The molecule has 0 amide bonds. The van der Waals surface area contributed by atoms with Crippen LogP contribution < -0.4 is 16.8 Å². The van der Waals surface area contributed by atoms with Gasteiger partial charge in [-0.25, -0.2) is 4.99 Å². The summed E-state index contributed by atoms with van der Waals surface area (Å²) in [6, 6.07) is 0.670. The number of rotatable bonds is 2. The van der Waals surface area contributed by atoms with E-state index in [1.165, 1.54) is 19.3 Å². The van der Waals surface area contributed by atoms with Crippen molar-refractivity contribution in [1.29, 1.82) is 0 Å². The summed E-state index contributed by atoms with van der Waals surface area (Å²) in [5.74, 6) is 0.211. The first-order valence-corrected chi connectivity index (χ1v) is 5.75. The predicted molar refractivity (Wildman–Crippen MR) is 64.7 cm³/mol. The van der Waals surface area contributed by atoms with Gasteiger partial charge in [0.1, 0.15) is 0 Å². The standard InChI is InChI=1S/C11H24N4/c1-11(2,3)15-9-7-5-4-6-8(9)14-10(12)13/h8-9,15H,4-7H2,1-3H3,(H4,12,13,14). The van der Waals surface area contributed by atoms with Gasteiger partial charge in [0.15, 0.2) is 5.96 Å². The summed E-state index contributed by atoms with van der Waals surface area (Å²) < 4.78 is 0. The largest absolute Gasteiger partial charge is 0.370 e. The third kappa shape index (κ3) is 4.51. The summed E-state index contributed by atoms with van der Waals surface area (Å²) in [5.41, 5.74) is 11.0. The van der Waals surface area contributed by atoms with Crippen LogP contribution in [-0.4, -0.2) is 23.6 Å². The molecule has 1 saturated carbocycles. The van der Waals surface area contributed by atoms with Gasteiger partial charge in [0.25, 0.3) is 0 Å². The third-order valence-corrected chi connectivity index (χ3v) is 2.66. The van der Waals surface area contributed by atoms with E-state index in [0.717, 1.165) is 6.42 Å². The van der Waals surface area contributed by atoms with Crippen molar-refractivity contribution >= 4 is 5.96 Å². The van der Waals surface area contributed by atoms with Crippen molar-refractivity contribution in [3.05, 3.63) is 0 Å². The minimum Gasteiger partial charge on any atom is -0.370 e. The summed E-state index contributed by atoms with van der Waals surface area (Å²) in [6.07, 6.45) is 4.75. The van der Waals surface area contributed by atoms with Gasteiger partial charge in [-0.15, -0.1) is 0 Å². The highest BCUT2D eigenvalue weighted by molar-refractivity contribution is 5.75. The Hall–Kier alpha value is -0.770. The second-order valence-electron chi connectivity index (χ2n) is 5.41. The molecular formula is C11H24N4. The minimum atomic E-state index is 0.124. The molecule has 2 unspecified atom stereocenters. The van der Waals surface area contributed by atoms with Crippen LogP contribution in [0.25, 0.3) is 0 Å². The van der Waals surface area contributed by atoms with Crippen molar-refractivity contribution < 1.29 is 0 Å². The highest BCUT2D eigenvalue weighted by Gasteiger charge is 2.27. The van der Waals surface area contributed by atoms with Crippen LogP contribution in [0.15, 0.2) is 4.99 Å². The molecule has 0 aromatic carbocycles. The maximum absolute atomic E-state index is 5.45. The van der Waals surface area contributed by atoms with E-state index >= 15 is 0 Å². The molecule has 4 nitrogen and oxygen atoms in total. The van der Waals surface area contributed by atoms with E-state index in [4.69, 9.17) is 11.5 Å². The minimum absolute atomic E-state index is 0.124. The van der Waals surface area contributed by atoms with Crippen LogP contribution in [-0.2, 0) is 0 Å². The van der Waals surface area contributed by atoms with Crippen LogP contribution >= 0.6 is 0 Å². The number of hydrogen-bond acceptors (Lipinski definition) is 2. The molecule has 88 valence electrons. The zero-order valence-electron chi connectivity index (χ0n) is 10.1. The van der Waals surface area contributed by atoms with E-state index in [1.54, 1.807) is 0 Å². The molecular weight excluding hydrogens is 188 g/mol. The molecule has 1 rings (SSSR count). The monoisotopic (exact) mass is 212 g/mol. The fraction of sp³-hybridized carbons (Fsp3) is 0.909. The molecule has 0 aliphatic heterocycles. The molecule has 15 heavy (non-hydrogen) atoms. The normalized spacial score (nSPS) is 27.4. The third-order valence-electron chi connectivity index (χ3n) is 2.66. The molecule has 0 spiro atoms. The molecule has 0 aromatic rings. The maximum atomic E-state index is 5.45. The first kappa shape index (κ1) is 12.3. The van der Waals surface area contributed by atoms with Crippen LogP contribution in [0.4, 0.5) is 0 Å². The first-order chi connectivity index (χ1) is 6.88. The average Bonchev–Trinajstić information content (AvgIpc) is 2.05. The maximum Gasteiger partial charge on any atom is 0.186 e. The van der Waals surface area contributed by atoms with Crippen LogP contribution in [0.1, 0.15) is 46.5 Å². The Balaban J connectivity index is 2.62. The lowest BCUT2D eigenvalue weighted by Gasteiger charge is -2.35. The summed E-state index contributed by atoms with van der Waals surface area (Å²) in [7, 11) is 0. The fourth-order valence-electron chi connectivity index (χ4n) is 2.18. The van der Waals surface area contributed by atoms with Crippen LogP contribution in [0.3, 0.4) is 0 Å². The van der Waals surface area contributed by atoms with E-state index in [-0.39, 0.29) is 17.5 Å². The summed E-state index contributed by atoms with van der Waals surface area (Å²) in [4.78, 5) is 4.31. The molecule has 2 atom stereocenters. The molecule has 0 aromatic heterocycles. The van der Waals surface area contributed by atoms with Gasteiger partial charge in [-0.2, -0.15) is 0 Å². The van der Waals surface area contributed by atoms with E-state index in [2.05, 4.69) is 31.1 Å². The van der Waals surface area contributed by atoms with Gasteiger partial charge in [-0.1, -0.05) is 12.8 Å². The zero-order chi connectivity index (χ0) is 11.5. The molecule has 0 saturated heterocycles. The van der Waals surface area contributed by atoms with E-state index in [1.807, 2.05) is 0 Å². The molecule has 1 fully saturated rings. The van der Waals surface area contributed by atoms with E-state index < -0.39 is 0 Å². The summed E-state index contributed by atoms with van der Waals surface area (Å²) in [5, 5.41) is 3.60. The van der Waals surface area contributed by atoms with Gasteiger partial charge in [0.2, 0.25) is 0 Å². The summed E-state index contributed by atoms with van der Waals surface area (Å²) >= 11 is 0. The lowest BCUT2D eigenvalue weighted by Crippen LogP contribution is -2.50.